The van der Waals surface area contributed by atoms with E-state index in [4.69, 9.17) is 16.3 Å². The summed E-state index contributed by atoms with van der Waals surface area (Å²) in [6.07, 6.45) is 0.475. The first kappa shape index (κ1) is 17.8. The van der Waals surface area contributed by atoms with Gasteiger partial charge in [-0.3, -0.25) is 14.5 Å². The van der Waals surface area contributed by atoms with Crippen LogP contribution in [0, 0.1) is 0 Å². The summed E-state index contributed by atoms with van der Waals surface area (Å²) in [4.78, 5) is 26.3. The summed E-state index contributed by atoms with van der Waals surface area (Å²) in [7, 11) is 0. The molecular weight excluding hydrogens is 358 g/mol. The van der Waals surface area contributed by atoms with E-state index in [0.717, 1.165) is 28.6 Å². The van der Waals surface area contributed by atoms with Crippen LogP contribution >= 0.6 is 23.4 Å². The van der Waals surface area contributed by atoms with E-state index in [-0.39, 0.29) is 17.7 Å². The van der Waals surface area contributed by atoms with Crippen LogP contribution in [0.3, 0.4) is 0 Å². The summed E-state index contributed by atoms with van der Waals surface area (Å²) in [6, 6.07) is 14.8. The van der Waals surface area contributed by atoms with E-state index >= 15 is 0 Å². The Kier molecular flexibility index (Phi) is 5.66. The molecule has 0 saturated carbocycles. The van der Waals surface area contributed by atoms with Crippen LogP contribution in [0.2, 0.25) is 5.02 Å². The molecule has 4 nitrogen and oxygen atoms in total. The van der Waals surface area contributed by atoms with Crippen LogP contribution in [0.15, 0.2) is 48.5 Å². The van der Waals surface area contributed by atoms with Gasteiger partial charge in [0, 0.05) is 5.02 Å². The summed E-state index contributed by atoms with van der Waals surface area (Å²) in [5.41, 5.74) is 1.82. The number of carbonyl (C=O) groups excluding carboxylic acids is 2. The van der Waals surface area contributed by atoms with E-state index in [2.05, 4.69) is 0 Å². The molecule has 6 heteroatoms. The summed E-state index contributed by atoms with van der Waals surface area (Å²) in [5, 5.41) is 0.00264. The highest BCUT2D eigenvalue weighted by molar-refractivity contribution is 8.15. The van der Waals surface area contributed by atoms with Gasteiger partial charge in [-0.25, -0.2) is 0 Å². The number of amides is 2. The van der Waals surface area contributed by atoms with Gasteiger partial charge in [0.2, 0.25) is 5.91 Å². The van der Waals surface area contributed by atoms with E-state index in [1.807, 2.05) is 43.3 Å². The van der Waals surface area contributed by atoms with E-state index in [1.165, 1.54) is 4.90 Å². The van der Waals surface area contributed by atoms with Crippen LogP contribution in [0.25, 0.3) is 0 Å². The molecule has 25 heavy (non-hydrogen) atoms. The zero-order valence-electron chi connectivity index (χ0n) is 13.8. The second-order valence-electron chi connectivity index (χ2n) is 5.67. The minimum Gasteiger partial charge on any atom is -0.494 e. The maximum absolute atomic E-state index is 12.7. The number of hydrogen-bond donors (Lipinski definition) is 0. The molecule has 0 aliphatic carbocycles. The average molecular weight is 376 g/mol. The van der Waals surface area contributed by atoms with Crippen LogP contribution in [-0.4, -0.2) is 27.9 Å². The van der Waals surface area contributed by atoms with Gasteiger partial charge in [-0.05, 0) is 42.7 Å². The Labute approximate surface area is 156 Å². The predicted molar refractivity (Wildman–Crippen MR) is 100 cm³/mol. The maximum Gasteiger partial charge on any atom is 0.289 e. The number of imide groups is 1. The van der Waals surface area contributed by atoms with Crippen LogP contribution < -0.4 is 4.74 Å². The quantitative estimate of drug-likeness (QED) is 0.743. The van der Waals surface area contributed by atoms with Crippen molar-refractivity contribution < 1.29 is 14.3 Å². The van der Waals surface area contributed by atoms with Gasteiger partial charge in [-0.1, -0.05) is 53.7 Å². The summed E-state index contributed by atoms with van der Waals surface area (Å²) < 4.78 is 5.61. The molecule has 2 aromatic rings. The fourth-order valence-corrected chi connectivity index (χ4v) is 3.85. The summed E-state index contributed by atoms with van der Waals surface area (Å²) in [5.74, 6) is 0.609. The second kappa shape index (κ2) is 7.93. The standard InChI is InChI=1S/C19H18ClNO3S/c1-2-24-16-6-4-3-5-14(16)11-17-18(22)21(19(23)25-17)12-13-7-9-15(20)10-8-13/h3-10,17H,2,11-12H2,1H3/t17-/m1/s1. The molecule has 0 N–H and O–H groups in total. The molecule has 1 saturated heterocycles. The lowest BCUT2D eigenvalue weighted by molar-refractivity contribution is -0.127. The molecule has 0 aromatic heterocycles. The third kappa shape index (κ3) is 4.17. The number of para-hydroxylation sites is 1. The molecular formula is C19H18ClNO3S. The van der Waals surface area contributed by atoms with Gasteiger partial charge in [0.25, 0.3) is 5.24 Å². The molecule has 3 rings (SSSR count). The monoisotopic (exact) mass is 375 g/mol. The number of benzene rings is 2. The zero-order chi connectivity index (χ0) is 17.8. The van der Waals surface area contributed by atoms with Gasteiger partial charge in [0.1, 0.15) is 5.75 Å². The highest BCUT2D eigenvalue weighted by atomic mass is 35.5. The van der Waals surface area contributed by atoms with Crippen molar-refractivity contribution >= 4 is 34.5 Å². The average Bonchev–Trinajstić information content (AvgIpc) is 2.86. The maximum atomic E-state index is 12.7. The number of halogens is 1. The highest BCUT2D eigenvalue weighted by Crippen LogP contribution is 2.33. The molecule has 2 aromatic carbocycles. The lowest BCUT2D eigenvalue weighted by Gasteiger charge is -2.15. The minimum absolute atomic E-state index is 0.156. The molecule has 1 heterocycles. The van der Waals surface area contributed by atoms with Crippen molar-refractivity contribution in [2.24, 2.45) is 0 Å². The number of rotatable bonds is 6. The van der Waals surface area contributed by atoms with Crippen molar-refractivity contribution in [3.05, 3.63) is 64.7 Å². The minimum atomic E-state index is -0.415. The number of carbonyl (C=O) groups is 2. The Balaban J connectivity index is 1.72. The largest absolute Gasteiger partial charge is 0.494 e. The SMILES string of the molecule is CCOc1ccccc1C[C@H]1SC(=O)N(Cc2ccc(Cl)cc2)C1=O. The van der Waals surface area contributed by atoms with Crippen molar-refractivity contribution in [1.82, 2.24) is 4.90 Å². The molecule has 0 spiro atoms. The highest BCUT2D eigenvalue weighted by Gasteiger charge is 2.39. The van der Waals surface area contributed by atoms with Gasteiger partial charge in [0.15, 0.2) is 0 Å². The first-order chi connectivity index (χ1) is 12.1. The Bertz CT molecular complexity index is 778. The fraction of sp³-hybridized carbons (Fsp3) is 0.263. The van der Waals surface area contributed by atoms with Crippen LogP contribution in [0.1, 0.15) is 18.1 Å². The summed E-state index contributed by atoms with van der Waals surface area (Å²) in [6.45, 7) is 2.75. The number of hydrogen-bond acceptors (Lipinski definition) is 4. The molecule has 0 unspecified atom stereocenters. The van der Waals surface area contributed by atoms with Gasteiger partial charge >= 0.3 is 0 Å². The van der Waals surface area contributed by atoms with E-state index < -0.39 is 5.25 Å². The molecule has 1 aliphatic heterocycles. The Hall–Kier alpha value is -1.98. The van der Waals surface area contributed by atoms with Gasteiger partial charge in [0.05, 0.1) is 18.4 Å². The first-order valence-electron chi connectivity index (χ1n) is 8.05. The normalized spacial score (nSPS) is 17.2. The Morgan fingerprint density at radius 2 is 1.84 bits per heavy atom. The Morgan fingerprint density at radius 1 is 1.12 bits per heavy atom. The molecule has 130 valence electrons. The van der Waals surface area contributed by atoms with E-state index in [0.29, 0.717) is 18.1 Å². The third-order valence-electron chi connectivity index (χ3n) is 3.94. The lowest BCUT2D eigenvalue weighted by atomic mass is 10.1. The van der Waals surface area contributed by atoms with Crippen molar-refractivity contribution in [3.63, 3.8) is 0 Å². The van der Waals surface area contributed by atoms with Crippen LogP contribution in [-0.2, 0) is 17.8 Å². The van der Waals surface area contributed by atoms with E-state index in [1.54, 1.807) is 12.1 Å². The predicted octanol–water partition coefficient (Wildman–Crippen LogP) is 4.55. The molecule has 1 fully saturated rings. The van der Waals surface area contributed by atoms with Crippen molar-refractivity contribution in [2.75, 3.05) is 6.61 Å². The van der Waals surface area contributed by atoms with Crippen molar-refractivity contribution in [3.8, 4) is 5.75 Å². The third-order valence-corrected chi connectivity index (χ3v) is 5.26. The molecule has 1 aliphatic rings. The van der Waals surface area contributed by atoms with Crippen molar-refractivity contribution in [2.45, 2.75) is 25.1 Å². The molecule has 1 atom stereocenters. The second-order valence-corrected chi connectivity index (χ2v) is 7.26. The molecule has 2 amide bonds. The van der Waals surface area contributed by atoms with Crippen LogP contribution in [0.4, 0.5) is 4.79 Å². The fourth-order valence-electron chi connectivity index (χ4n) is 2.71. The lowest BCUT2D eigenvalue weighted by Crippen LogP contribution is -2.31. The molecule has 0 bridgehead atoms. The van der Waals surface area contributed by atoms with Gasteiger partial charge in [-0.15, -0.1) is 0 Å². The van der Waals surface area contributed by atoms with Crippen molar-refractivity contribution in [1.29, 1.82) is 0 Å². The first-order valence-corrected chi connectivity index (χ1v) is 9.31. The van der Waals surface area contributed by atoms with Gasteiger partial charge in [-0.2, -0.15) is 0 Å². The Morgan fingerprint density at radius 3 is 2.56 bits per heavy atom. The number of nitrogens with zero attached hydrogens (tertiary/aromatic N) is 1. The number of ether oxygens (including phenoxy) is 1. The van der Waals surface area contributed by atoms with Gasteiger partial charge < -0.3 is 4.74 Å². The zero-order valence-corrected chi connectivity index (χ0v) is 15.3. The smallest absolute Gasteiger partial charge is 0.289 e. The number of thioether (sulfide) groups is 1. The van der Waals surface area contributed by atoms with Crippen LogP contribution in [0.5, 0.6) is 5.75 Å². The summed E-state index contributed by atoms with van der Waals surface area (Å²) >= 11 is 6.96. The topological polar surface area (TPSA) is 46.6 Å². The molecule has 0 radical (unpaired) electrons. The van der Waals surface area contributed by atoms with E-state index in [9.17, 15) is 9.59 Å².